The zero-order valence-electron chi connectivity index (χ0n) is 14.2. The van der Waals surface area contributed by atoms with E-state index in [1.54, 1.807) is 12.1 Å². The third kappa shape index (κ3) is 3.22. The zero-order valence-corrected chi connectivity index (χ0v) is 14.2. The molecule has 0 unspecified atom stereocenters. The number of allylic oxidation sites excluding steroid dienone is 1. The molecule has 0 aromatic heterocycles. The van der Waals surface area contributed by atoms with Crippen molar-refractivity contribution in [2.75, 3.05) is 20.1 Å². The van der Waals surface area contributed by atoms with Gasteiger partial charge in [-0.1, -0.05) is 32.1 Å². The Balaban J connectivity index is 2.66. The lowest BCUT2D eigenvalue weighted by atomic mass is 9.83. The zero-order chi connectivity index (χ0) is 16.4. The number of rotatable bonds is 4. The van der Waals surface area contributed by atoms with Crippen LogP contribution in [0.25, 0.3) is 11.1 Å². The van der Waals surface area contributed by atoms with Gasteiger partial charge in [0.05, 0.1) is 0 Å². The molecule has 0 spiro atoms. The van der Waals surface area contributed by atoms with Crippen LogP contribution in [0.5, 0.6) is 0 Å². The summed E-state index contributed by atoms with van der Waals surface area (Å²) >= 11 is 0. The summed E-state index contributed by atoms with van der Waals surface area (Å²) < 4.78 is 13.9. The maximum Gasteiger partial charge on any atom is 0.124 e. The molecule has 1 aliphatic rings. The van der Waals surface area contributed by atoms with Gasteiger partial charge in [0.15, 0.2) is 0 Å². The summed E-state index contributed by atoms with van der Waals surface area (Å²) in [6, 6.07) is 3.25. The van der Waals surface area contributed by atoms with Gasteiger partial charge >= 0.3 is 0 Å². The van der Waals surface area contributed by atoms with Gasteiger partial charge < -0.3 is 0 Å². The lowest BCUT2D eigenvalue weighted by molar-refractivity contribution is 0.389. The van der Waals surface area contributed by atoms with Crippen LogP contribution >= 0.6 is 0 Å². The molecule has 1 heterocycles. The Labute approximate surface area is 133 Å². The maximum absolute atomic E-state index is 13.9. The molecule has 2 heteroatoms. The molecule has 2 rings (SSSR count). The van der Waals surface area contributed by atoms with E-state index in [2.05, 4.69) is 39.0 Å². The van der Waals surface area contributed by atoms with E-state index in [-0.39, 0.29) is 5.82 Å². The van der Waals surface area contributed by atoms with E-state index < -0.39 is 0 Å². The topological polar surface area (TPSA) is 3.24 Å². The molecule has 1 aliphatic heterocycles. The van der Waals surface area contributed by atoms with Gasteiger partial charge in [-0.3, -0.25) is 4.90 Å². The maximum atomic E-state index is 13.9. The fraction of sp³-hybridized carbons (Fsp3) is 0.400. The van der Waals surface area contributed by atoms with E-state index >= 15 is 0 Å². The van der Waals surface area contributed by atoms with E-state index in [0.717, 1.165) is 53.8 Å². The minimum atomic E-state index is -0.190. The molecule has 0 saturated heterocycles. The largest absolute Gasteiger partial charge is 0.298 e. The van der Waals surface area contributed by atoms with E-state index in [4.69, 9.17) is 0 Å². The minimum Gasteiger partial charge on any atom is -0.298 e. The van der Waals surface area contributed by atoms with Crippen LogP contribution in [0.4, 0.5) is 4.39 Å². The highest BCUT2D eigenvalue weighted by molar-refractivity contribution is 5.89. The van der Waals surface area contributed by atoms with Crippen LogP contribution in [-0.4, -0.2) is 25.0 Å². The Hall–Kier alpha value is -1.67. The van der Waals surface area contributed by atoms with Crippen LogP contribution in [0, 0.1) is 12.7 Å². The molecule has 1 aromatic rings. The van der Waals surface area contributed by atoms with Gasteiger partial charge in [-0.05, 0) is 72.9 Å². The molecule has 0 bridgehead atoms. The second kappa shape index (κ2) is 6.62. The van der Waals surface area contributed by atoms with Crippen LogP contribution in [0.1, 0.15) is 43.4 Å². The lowest BCUT2D eigenvalue weighted by Crippen LogP contribution is -2.28. The molecular weight excluding hydrogens is 273 g/mol. The molecule has 1 nitrogen and oxygen atoms in total. The van der Waals surface area contributed by atoms with Gasteiger partial charge in [-0.25, -0.2) is 4.39 Å². The van der Waals surface area contributed by atoms with Gasteiger partial charge in [0, 0.05) is 13.1 Å². The number of likely N-dealkylation sites (N-methyl/N-ethyl adjacent to an activating group) is 1. The summed E-state index contributed by atoms with van der Waals surface area (Å²) in [5.41, 5.74) is 7.63. The molecule has 0 N–H and O–H groups in total. The van der Waals surface area contributed by atoms with Gasteiger partial charge in [0.1, 0.15) is 5.82 Å². The second-order valence-electron chi connectivity index (χ2n) is 6.43. The van der Waals surface area contributed by atoms with Crippen LogP contribution in [0.15, 0.2) is 36.4 Å². The summed E-state index contributed by atoms with van der Waals surface area (Å²) in [6.07, 6.45) is 1.89. The highest BCUT2D eigenvalue weighted by Crippen LogP contribution is 2.37. The van der Waals surface area contributed by atoms with Crippen molar-refractivity contribution >= 4 is 11.1 Å². The Kier molecular flexibility index (Phi) is 5.02. The number of aryl methyl sites for hydroxylation is 1. The number of nitrogens with zero attached hydrogens (tertiary/aromatic N) is 1. The number of halogens is 1. The SMILES string of the molecule is C=C1CN(C)CC(C)=C1c1c(C)cc(F)cc1C(=C)CCC. The van der Waals surface area contributed by atoms with Crippen molar-refractivity contribution in [3.8, 4) is 0 Å². The van der Waals surface area contributed by atoms with Crippen molar-refractivity contribution in [3.63, 3.8) is 0 Å². The average molecular weight is 299 g/mol. The minimum absolute atomic E-state index is 0.190. The molecule has 118 valence electrons. The molecule has 0 radical (unpaired) electrons. The standard InChI is InChI=1S/C20H26FN/c1-7-8-13(2)18-10-17(21)9-14(3)20(18)19-15(4)11-22(6)12-16(19)5/h9-10H,2,4,7-8,11-12H2,1,3,5-6H3. The number of hydrogen-bond donors (Lipinski definition) is 0. The summed E-state index contributed by atoms with van der Waals surface area (Å²) in [5.74, 6) is -0.190. The molecule has 22 heavy (non-hydrogen) atoms. The van der Waals surface area contributed by atoms with Crippen LogP contribution < -0.4 is 0 Å². The fourth-order valence-electron chi connectivity index (χ4n) is 3.43. The molecule has 0 saturated carbocycles. The van der Waals surface area contributed by atoms with Crippen LogP contribution in [0.2, 0.25) is 0 Å². The number of hydrogen-bond acceptors (Lipinski definition) is 1. The third-order valence-corrected chi connectivity index (χ3v) is 4.23. The highest BCUT2D eigenvalue weighted by Gasteiger charge is 2.23. The summed E-state index contributed by atoms with van der Waals surface area (Å²) in [7, 11) is 2.10. The lowest BCUT2D eigenvalue weighted by Gasteiger charge is -2.30. The Morgan fingerprint density at radius 3 is 2.55 bits per heavy atom. The predicted octanol–water partition coefficient (Wildman–Crippen LogP) is 5.22. The van der Waals surface area contributed by atoms with Crippen LogP contribution in [-0.2, 0) is 0 Å². The van der Waals surface area contributed by atoms with Crippen molar-refractivity contribution in [2.45, 2.75) is 33.6 Å². The highest BCUT2D eigenvalue weighted by atomic mass is 19.1. The first-order valence-electron chi connectivity index (χ1n) is 7.90. The van der Waals surface area contributed by atoms with E-state index in [1.165, 1.54) is 11.1 Å². The molecular formula is C20H26FN. The first-order chi connectivity index (χ1) is 10.3. The molecule has 0 amide bonds. The summed E-state index contributed by atoms with van der Waals surface area (Å²) in [5, 5.41) is 0. The first-order valence-corrected chi connectivity index (χ1v) is 7.90. The van der Waals surface area contributed by atoms with Crippen molar-refractivity contribution < 1.29 is 4.39 Å². The normalized spacial score (nSPS) is 16.3. The molecule has 0 fully saturated rings. The Bertz CT molecular complexity index is 652. The van der Waals surface area contributed by atoms with E-state index in [1.807, 2.05) is 6.92 Å². The summed E-state index contributed by atoms with van der Waals surface area (Å²) in [6.45, 7) is 16.5. The van der Waals surface area contributed by atoms with Crippen LogP contribution in [0.3, 0.4) is 0 Å². The van der Waals surface area contributed by atoms with Gasteiger partial charge in [0.2, 0.25) is 0 Å². The summed E-state index contributed by atoms with van der Waals surface area (Å²) in [4.78, 5) is 2.25. The molecule has 0 aliphatic carbocycles. The van der Waals surface area contributed by atoms with Crippen molar-refractivity contribution in [2.24, 2.45) is 0 Å². The Morgan fingerprint density at radius 1 is 1.27 bits per heavy atom. The smallest absolute Gasteiger partial charge is 0.124 e. The third-order valence-electron chi connectivity index (χ3n) is 4.23. The predicted molar refractivity (Wildman–Crippen MR) is 94.3 cm³/mol. The first kappa shape index (κ1) is 16.7. The van der Waals surface area contributed by atoms with Gasteiger partial charge in [-0.15, -0.1) is 0 Å². The fourth-order valence-corrected chi connectivity index (χ4v) is 3.43. The average Bonchev–Trinajstić information content (AvgIpc) is 2.39. The van der Waals surface area contributed by atoms with Gasteiger partial charge in [-0.2, -0.15) is 0 Å². The van der Waals surface area contributed by atoms with E-state index in [0.29, 0.717) is 0 Å². The van der Waals surface area contributed by atoms with Crippen molar-refractivity contribution in [1.82, 2.24) is 4.90 Å². The van der Waals surface area contributed by atoms with Crippen molar-refractivity contribution in [1.29, 1.82) is 0 Å². The van der Waals surface area contributed by atoms with Crippen molar-refractivity contribution in [3.05, 3.63) is 58.9 Å². The second-order valence-corrected chi connectivity index (χ2v) is 6.43. The van der Waals surface area contributed by atoms with E-state index in [9.17, 15) is 4.39 Å². The molecule has 0 atom stereocenters. The monoisotopic (exact) mass is 299 g/mol. The quantitative estimate of drug-likeness (QED) is 0.736. The Morgan fingerprint density at radius 2 is 1.95 bits per heavy atom. The number of benzene rings is 1. The molecule has 1 aromatic carbocycles. The van der Waals surface area contributed by atoms with Gasteiger partial charge in [0.25, 0.3) is 0 Å².